The number of carbonyl (C=O) groups is 2. The first kappa shape index (κ1) is 21.1. The molecule has 0 saturated carbocycles. The summed E-state index contributed by atoms with van der Waals surface area (Å²) in [5.74, 6) is 0.808. The maximum atomic E-state index is 12.4. The second-order valence-corrected chi connectivity index (χ2v) is 7.43. The van der Waals surface area contributed by atoms with Crippen molar-refractivity contribution >= 4 is 17.5 Å². The summed E-state index contributed by atoms with van der Waals surface area (Å²) in [5.41, 5.74) is 2.74. The van der Waals surface area contributed by atoms with E-state index in [1.165, 1.54) is 0 Å². The Morgan fingerprint density at radius 2 is 1.40 bits per heavy atom. The molecule has 0 bridgehead atoms. The third kappa shape index (κ3) is 6.21. The van der Waals surface area contributed by atoms with Crippen LogP contribution >= 0.6 is 0 Å². The van der Waals surface area contributed by atoms with E-state index >= 15 is 0 Å². The zero-order valence-electron chi connectivity index (χ0n) is 17.2. The minimum absolute atomic E-state index is 0.159. The lowest BCUT2D eigenvalue weighted by Gasteiger charge is -2.10. The van der Waals surface area contributed by atoms with Crippen LogP contribution in [0.25, 0.3) is 0 Å². The number of carbonyl (C=O) groups excluding carboxylic acids is 2. The van der Waals surface area contributed by atoms with Gasteiger partial charge < -0.3 is 15.4 Å². The van der Waals surface area contributed by atoms with Crippen LogP contribution < -0.4 is 15.4 Å². The maximum Gasteiger partial charge on any atom is 0.255 e. The van der Waals surface area contributed by atoms with Gasteiger partial charge in [0.1, 0.15) is 5.75 Å². The monoisotopic (exact) mass is 402 g/mol. The summed E-state index contributed by atoms with van der Waals surface area (Å²) in [6, 6.07) is 23.6. The first-order valence-corrected chi connectivity index (χ1v) is 9.97. The fourth-order valence-electron chi connectivity index (χ4n) is 2.75. The Morgan fingerprint density at radius 3 is 2.03 bits per heavy atom. The third-order valence-electron chi connectivity index (χ3n) is 4.40. The first-order chi connectivity index (χ1) is 14.5. The molecule has 0 aliphatic carbocycles. The number of hydrogen-bond acceptors (Lipinski definition) is 3. The molecule has 0 unspecified atom stereocenters. The van der Waals surface area contributed by atoms with Gasteiger partial charge in [-0.05, 0) is 60.0 Å². The Bertz CT molecular complexity index is 966. The van der Waals surface area contributed by atoms with Gasteiger partial charge in [-0.25, -0.2) is 0 Å². The van der Waals surface area contributed by atoms with Gasteiger partial charge in [0.05, 0.1) is 6.61 Å². The van der Waals surface area contributed by atoms with Gasteiger partial charge in [-0.2, -0.15) is 0 Å². The topological polar surface area (TPSA) is 67.4 Å². The predicted molar refractivity (Wildman–Crippen MR) is 119 cm³/mol. The molecular weight excluding hydrogens is 376 g/mol. The summed E-state index contributed by atoms with van der Waals surface area (Å²) in [4.78, 5) is 24.7. The Hall–Kier alpha value is -3.60. The summed E-state index contributed by atoms with van der Waals surface area (Å²) in [6.07, 6.45) is 0. The third-order valence-corrected chi connectivity index (χ3v) is 4.40. The van der Waals surface area contributed by atoms with E-state index in [4.69, 9.17) is 4.74 Å². The molecule has 0 saturated heterocycles. The summed E-state index contributed by atoms with van der Waals surface area (Å²) in [6.45, 7) is 5.27. The van der Waals surface area contributed by atoms with E-state index in [9.17, 15) is 9.59 Å². The van der Waals surface area contributed by atoms with Gasteiger partial charge in [-0.1, -0.05) is 44.2 Å². The van der Waals surface area contributed by atoms with E-state index in [1.807, 2.05) is 30.3 Å². The minimum Gasteiger partial charge on any atom is -0.493 e. The largest absolute Gasteiger partial charge is 0.493 e. The second kappa shape index (κ2) is 10.3. The highest BCUT2D eigenvalue weighted by Gasteiger charge is 2.09. The van der Waals surface area contributed by atoms with Crippen molar-refractivity contribution in [2.75, 3.05) is 11.9 Å². The fraction of sp³-hybridized carbons (Fsp3) is 0.200. The molecule has 2 N–H and O–H groups in total. The zero-order chi connectivity index (χ0) is 21.3. The van der Waals surface area contributed by atoms with Gasteiger partial charge in [-0.15, -0.1) is 0 Å². The van der Waals surface area contributed by atoms with Crippen molar-refractivity contribution in [1.82, 2.24) is 5.32 Å². The molecule has 5 nitrogen and oxygen atoms in total. The normalized spacial score (nSPS) is 10.5. The van der Waals surface area contributed by atoms with Gasteiger partial charge in [-0.3, -0.25) is 9.59 Å². The lowest BCUT2D eigenvalue weighted by Crippen LogP contribution is -2.22. The molecule has 30 heavy (non-hydrogen) atoms. The van der Waals surface area contributed by atoms with E-state index in [2.05, 4.69) is 24.5 Å². The van der Waals surface area contributed by atoms with Gasteiger partial charge in [0.15, 0.2) is 0 Å². The van der Waals surface area contributed by atoms with Crippen molar-refractivity contribution in [3.8, 4) is 5.75 Å². The number of ether oxygens (including phenoxy) is 1. The number of hydrogen-bond donors (Lipinski definition) is 2. The van der Waals surface area contributed by atoms with Crippen LogP contribution in [0.4, 0.5) is 5.69 Å². The number of nitrogens with one attached hydrogen (secondary N) is 2. The van der Waals surface area contributed by atoms with Gasteiger partial charge in [0.25, 0.3) is 11.8 Å². The number of benzene rings is 3. The Balaban J connectivity index is 1.53. The summed E-state index contributed by atoms with van der Waals surface area (Å²) >= 11 is 0. The average Bonchev–Trinajstić information content (AvgIpc) is 2.77. The Labute approximate surface area is 177 Å². The van der Waals surface area contributed by atoms with E-state index < -0.39 is 0 Å². The number of rotatable bonds is 8. The molecule has 0 aliphatic rings. The smallest absolute Gasteiger partial charge is 0.255 e. The molecule has 0 heterocycles. The molecule has 0 radical (unpaired) electrons. The van der Waals surface area contributed by atoms with E-state index in [-0.39, 0.29) is 11.8 Å². The molecule has 154 valence electrons. The SMILES string of the molecule is CC(C)COc1ccc(C(=O)Nc2ccc(C(=O)NCc3ccccc3)cc2)cc1. The lowest BCUT2D eigenvalue weighted by molar-refractivity contribution is 0.0950. The summed E-state index contributed by atoms with van der Waals surface area (Å²) in [5, 5.41) is 5.73. The van der Waals surface area contributed by atoms with Gasteiger partial charge >= 0.3 is 0 Å². The molecule has 3 rings (SSSR count). The lowest BCUT2D eigenvalue weighted by atomic mass is 10.1. The highest BCUT2D eigenvalue weighted by molar-refractivity contribution is 6.04. The fourth-order valence-corrected chi connectivity index (χ4v) is 2.75. The van der Waals surface area contributed by atoms with Crippen LogP contribution in [0.3, 0.4) is 0 Å². The molecule has 3 aromatic rings. The van der Waals surface area contributed by atoms with E-state index in [0.29, 0.717) is 35.9 Å². The maximum absolute atomic E-state index is 12.4. The molecule has 0 spiro atoms. The number of anilines is 1. The first-order valence-electron chi connectivity index (χ1n) is 9.97. The zero-order valence-corrected chi connectivity index (χ0v) is 17.2. The minimum atomic E-state index is -0.216. The second-order valence-electron chi connectivity index (χ2n) is 7.43. The van der Waals surface area contributed by atoms with Crippen molar-refractivity contribution < 1.29 is 14.3 Å². The predicted octanol–water partition coefficient (Wildman–Crippen LogP) is 4.90. The van der Waals surface area contributed by atoms with Crippen molar-refractivity contribution in [2.45, 2.75) is 20.4 Å². The van der Waals surface area contributed by atoms with Crippen LogP contribution in [0.5, 0.6) is 5.75 Å². The van der Waals surface area contributed by atoms with Crippen molar-refractivity contribution in [3.63, 3.8) is 0 Å². The van der Waals surface area contributed by atoms with Crippen LogP contribution in [-0.2, 0) is 6.54 Å². The van der Waals surface area contributed by atoms with Crippen molar-refractivity contribution in [1.29, 1.82) is 0 Å². The standard InChI is InChI=1S/C25H26N2O3/c1-18(2)17-30-23-14-10-21(11-15-23)25(29)27-22-12-8-20(9-13-22)24(28)26-16-19-6-4-3-5-7-19/h3-15,18H,16-17H2,1-2H3,(H,26,28)(H,27,29). The van der Waals surface area contributed by atoms with Crippen LogP contribution in [0, 0.1) is 5.92 Å². The van der Waals surface area contributed by atoms with Crippen LogP contribution in [0.2, 0.25) is 0 Å². The van der Waals surface area contributed by atoms with Gasteiger partial charge in [0.2, 0.25) is 0 Å². The van der Waals surface area contributed by atoms with E-state index in [0.717, 1.165) is 11.3 Å². The molecule has 0 aliphatic heterocycles. The molecule has 5 heteroatoms. The number of amides is 2. The highest BCUT2D eigenvalue weighted by atomic mass is 16.5. The highest BCUT2D eigenvalue weighted by Crippen LogP contribution is 2.16. The molecule has 0 fully saturated rings. The Kier molecular flexibility index (Phi) is 7.22. The molecular formula is C25H26N2O3. The van der Waals surface area contributed by atoms with Crippen LogP contribution in [0.1, 0.15) is 40.1 Å². The molecule has 2 amide bonds. The van der Waals surface area contributed by atoms with Crippen LogP contribution in [0.15, 0.2) is 78.9 Å². The quantitative estimate of drug-likeness (QED) is 0.563. The van der Waals surface area contributed by atoms with E-state index in [1.54, 1.807) is 48.5 Å². The van der Waals surface area contributed by atoms with Crippen molar-refractivity contribution in [2.24, 2.45) is 5.92 Å². The Morgan fingerprint density at radius 1 is 0.800 bits per heavy atom. The van der Waals surface area contributed by atoms with Crippen LogP contribution in [-0.4, -0.2) is 18.4 Å². The molecule has 3 aromatic carbocycles. The summed E-state index contributed by atoms with van der Waals surface area (Å²) in [7, 11) is 0. The van der Waals surface area contributed by atoms with Gasteiger partial charge in [0, 0.05) is 23.4 Å². The summed E-state index contributed by atoms with van der Waals surface area (Å²) < 4.78 is 5.63. The average molecular weight is 402 g/mol. The molecule has 0 aromatic heterocycles. The molecule has 0 atom stereocenters. The van der Waals surface area contributed by atoms with Crippen molar-refractivity contribution in [3.05, 3.63) is 95.6 Å².